The molecule has 20 heavy (non-hydrogen) atoms. The summed E-state index contributed by atoms with van der Waals surface area (Å²) in [6, 6.07) is 14.8. The maximum Gasteiger partial charge on any atom is 0.257 e. The van der Waals surface area contributed by atoms with Crippen molar-refractivity contribution in [1.82, 2.24) is 4.83 Å². The van der Waals surface area contributed by atoms with Crippen molar-refractivity contribution in [1.29, 1.82) is 0 Å². The van der Waals surface area contributed by atoms with Crippen molar-refractivity contribution in [3.05, 3.63) is 60.2 Å². The molecule has 2 aromatic rings. The first kappa shape index (κ1) is 14.2. The standard InChI is InChI=1S/C14H14N2O3S/c1-12-7-9-14(10-8-12)20(18,19)15-16(11-17)13-5-3-2-4-6-13/h2-11,15H,1H3. The van der Waals surface area contributed by atoms with E-state index in [-0.39, 0.29) is 4.90 Å². The third-order valence-electron chi connectivity index (χ3n) is 2.69. The summed E-state index contributed by atoms with van der Waals surface area (Å²) in [5, 5.41) is 0.926. The van der Waals surface area contributed by atoms with Crippen molar-refractivity contribution in [2.75, 3.05) is 5.01 Å². The van der Waals surface area contributed by atoms with Crippen molar-refractivity contribution in [2.24, 2.45) is 0 Å². The van der Waals surface area contributed by atoms with Crippen molar-refractivity contribution >= 4 is 22.1 Å². The zero-order chi connectivity index (χ0) is 14.6. The van der Waals surface area contributed by atoms with Gasteiger partial charge < -0.3 is 0 Å². The first-order chi connectivity index (χ1) is 9.53. The number of hydrazine groups is 1. The molecule has 0 bridgehead atoms. The highest BCUT2D eigenvalue weighted by molar-refractivity contribution is 7.89. The molecule has 0 aliphatic rings. The van der Waals surface area contributed by atoms with E-state index in [9.17, 15) is 13.2 Å². The number of para-hydroxylation sites is 1. The molecule has 0 saturated heterocycles. The Bertz CT molecular complexity index is 682. The van der Waals surface area contributed by atoms with Gasteiger partial charge in [-0.15, -0.1) is 4.83 Å². The Hall–Kier alpha value is -2.18. The number of carbonyl (C=O) groups excluding carboxylic acids is 1. The summed E-state index contributed by atoms with van der Waals surface area (Å²) < 4.78 is 24.3. The Morgan fingerprint density at radius 3 is 2.15 bits per heavy atom. The number of sulfonamides is 1. The van der Waals surface area contributed by atoms with Crippen molar-refractivity contribution in [3.63, 3.8) is 0 Å². The first-order valence-electron chi connectivity index (χ1n) is 5.91. The molecule has 0 fully saturated rings. The lowest BCUT2D eigenvalue weighted by Gasteiger charge is -2.18. The van der Waals surface area contributed by atoms with E-state index in [1.54, 1.807) is 42.5 Å². The second-order valence-electron chi connectivity index (χ2n) is 4.22. The van der Waals surface area contributed by atoms with E-state index >= 15 is 0 Å². The lowest BCUT2D eigenvalue weighted by Crippen LogP contribution is -2.41. The van der Waals surface area contributed by atoms with Crippen LogP contribution in [0.25, 0.3) is 0 Å². The number of carbonyl (C=O) groups is 1. The topological polar surface area (TPSA) is 66.5 Å². The largest absolute Gasteiger partial charge is 0.277 e. The molecule has 0 atom stereocenters. The minimum Gasteiger partial charge on any atom is -0.277 e. The van der Waals surface area contributed by atoms with E-state index in [1.165, 1.54) is 12.1 Å². The summed E-state index contributed by atoms with van der Waals surface area (Å²) >= 11 is 0. The fourth-order valence-corrected chi connectivity index (χ4v) is 2.63. The molecule has 0 aromatic heterocycles. The predicted molar refractivity (Wildman–Crippen MR) is 76.5 cm³/mol. The van der Waals surface area contributed by atoms with E-state index in [1.807, 2.05) is 6.92 Å². The van der Waals surface area contributed by atoms with Gasteiger partial charge in [0.25, 0.3) is 10.0 Å². The SMILES string of the molecule is Cc1ccc(S(=O)(=O)NN(C=O)c2ccccc2)cc1. The number of nitrogens with zero attached hydrogens (tertiary/aromatic N) is 1. The molecule has 1 N–H and O–H groups in total. The third-order valence-corrected chi connectivity index (χ3v) is 4.02. The molecule has 0 aliphatic heterocycles. The molecule has 104 valence electrons. The molecule has 6 heteroatoms. The Balaban J connectivity index is 2.27. The molecule has 2 aromatic carbocycles. The number of rotatable bonds is 5. The number of hydrogen-bond acceptors (Lipinski definition) is 3. The van der Waals surface area contributed by atoms with Crippen LogP contribution in [0.5, 0.6) is 0 Å². The molecule has 0 unspecified atom stereocenters. The molecular weight excluding hydrogens is 276 g/mol. The van der Waals surface area contributed by atoms with Crippen LogP contribution >= 0.6 is 0 Å². The highest BCUT2D eigenvalue weighted by atomic mass is 32.2. The molecule has 0 spiro atoms. The van der Waals surface area contributed by atoms with Gasteiger partial charge in [-0.1, -0.05) is 35.9 Å². The number of nitrogens with one attached hydrogen (secondary N) is 1. The number of aryl methyl sites for hydroxylation is 1. The van der Waals surface area contributed by atoms with Gasteiger partial charge in [-0.2, -0.15) is 0 Å². The van der Waals surface area contributed by atoms with Crippen LogP contribution in [0.2, 0.25) is 0 Å². The normalized spacial score (nSPS) is 11.1. The summed E-state index contributed by atoms with van der Waals surface area (Å²) in [6.45, 7) is 1.87. The van der Waals surface area contributed by atoms with E-state index in [4.69, 9.17) is 0 Å². The van der Waals surface area contributed by atoms with Crippen molar-refractivity contribution in [2.45, 2.75) is 11.8 Å². The zero-order valence-electron chi connectivity index (χ0n) is 10.9. The minimum atomic E-state index is -3.79. The van der Waals surface area contributed by atoms with Gasteiger partial charge in [0.05, 0.1) is 10.6 Å². The highest BCUT2D eigenvalue weighted by Crippen LogP contribution is 2.14. The van der Waals surface area contributed by atoms with Gasteiger partial charge in [0.1, 0.15) is 0 Å². The fourth-order valence-electron chi connectivity index (χ4n) is 1.62. The lowest BCUT2D eigenvalue weighted by atomic mass is 10.2. The van der Waals surface area contributed by atoms with Crippen LogP contribution in [0, 0.1) is 6.92 Å². The quantitative estimate of drug-likeness (QED) is 0.675. The van der Waals surface area contributed by atoms with Gasteiger partial charge in [-0.05, 0) is 31.2 Å². The maximum atomic E-state index is 12.2. The van der Waals surface area contributed by atoms with Gasteiger partial charge >= 0.3 is 0 Å². The van der Waals surface area contributed by atoms with E-state index in [2.05, 4.69) is 4.83 Å². The molecule has 0 heterocycles. The summed E-state index contributed by atoms with van der Waals surface area (Å²) in [6.07, 6.45) is 0.418. The Morgan fingerprint density at radius 2 is 1.60 bits per heavy atom. The molecule has 2 rings (SSSR count). The van der Waals surface area contributed by atoms with Gasteiger partial charge in [0, 0.05) is 0 Å². The average Bonchev–Trinajstić information content (AvgIpc) is 2.46. The summed E-state index contributed by atoms with van der Waals surface area (Å²) in [5.74, 6) is 0. The molecule has 5 nitrogen and oxygen atoms in total. The van der Waals surface area contributed by atoms with Gasteiger partial charge in [-0.3, -0.25) is 4.79 Å². The van der Waals surface area contributed by atoms with Crippen LogP contribution in [0.1, 0.15) is 5.56 Å². The highest BCUT2D eigenvalue weighted by Gasteiger charge is 2.18. The first-order valence-corrected chi connectivity index (χ1v) is 7.40. The van der Waals surface area contributed by atoms with Gasteiger partial charge in [-0.25, -0.2) is 13.4 Å². The average molecular weight is 290 g/mol. The third kappa shape index (κ3) is 3.23. The van der Waals surface area contributed by atoms with Crippen LogP contribution in [0.15, 0.2) is 59.5 Å². The van der Waals surface area contributed by atoms with Crippen molar-refractivity contribution in [3.8, 4) is 0 Å². The van der Waals surface area contributed by atoms with Crippen molar-refractivity contribution < 1.29 is 13.2 Å². The fraction of sp³-hybridized carbons (Fsp3) is 0.0714. The molecule has 0 saturated carbocycles. The molecule has 1 amide bonds. The summed E-state index contributed by atoms with van der Waals surface area (Å²) in [7, 11) is -3.79. The maximum absolute atomic E-state index is 12.2. The lowest BCUT2D eigenvalue weighted by molar-refractivity contribution is -0.107. The smallest absolute Gasteiger partial charge is 0.257 e. The predicted octanol–water partition coefficient (Wildman–Crippen LogP) is 1.85. The summed E-state index contributed by atoms with van der Waals surface area (Å²) in [4.78, 5) is 13.4. The number of anilines is 1. The van der Waals surface area contributed by atoms with E-state index in [0.29, 0.717) is 12.1 Å². The van der Waals surface area contributed by atoms with Crippen LogP contribution in [0.3, 0.4) is 0 Å². The van der Waals surface area contributed by atoms with Gasteiger partial charge in [0.2, 0.25) is 6.41 Å². The molecule has 0 radical (unpaired) electrons. The second kappa shape index (κ2) is 5.85. The zero-order valence-corrected chi connectivity index (χ0v) is 11.7. The monoisotopic (exact) mass is 290 g/mol. The number of hydrogen-bond donors (Lipinski definition) is 1. The van der Waals surface area contributed by atoms with E-state index < -0.39 is 10.0 Å². The number of benzene rings is 2. The van der Waals surface area contributed by atoms with Crippen LogP contribution in [0.4, 0.5) is 5.69 Å². The Kier molecular flexibility index (Phi) is 4.16. The Labute approximate surface area is 117 Å². The number of amides is 1. The second-order valence-corrected chi connectivity index (χ2v) is 5.88. The molecular formula is C14H14N2O3S. The van der Waals surface area contributed by atoms with Crippen LogP contribution in [-0.4, -0.2) is 14.8 Å². The summed E-state index contributed by atoms with van der Waals surface area (Å²) in [5.41, 5.74) is 1.40. The van der Waals surface area contributed by atoms with E-state index in [0.717, 1.165) is 10.6 Å². The molecule has 0 aliphatic carbocycles. The van der Waals surface area contributed by atoms with Gasteiger partial charge in [0.15, 0.2) is 0 Å². The van der Waals surface area contributed by atoms with Crippen LogP contribution in [-0.2, 0) is 14.8 Å². The van der Waals surface area contributed by atoms with Crippen LogP contribution < -0.4 is 9.84 Å². The minimum absolute atomic E-state index is 0.103. The Morgan fingerprint density at radius 1 is 1.00 bits per heavy atom.